The van der Waals surface area contributed by atoms with E-state index in [1.165, 1.54) is 0 Å². The first-order valence-electron chi connectivity index (χ1n) is 8.00. The maximum atomic E-state index is 10.8. The molecule has 0 heterocycles. The van der Waals surface area contributed by atoms with Crippen LogP contribution in [0.4, 0.5) is 0 Å². The average Bonchev–Trinajstić information content (AvgIpc) is 2.45. The van der Waals surface area contributed by atoms with E-state index in [1.54, 1.807) is 0 Å². The number of halogens is 1. The summed E-state index contributed by atoms with van der Waals surface area (Å²) in [5.41, 5.74) is 5.57. The number of nitrogens with two attached hydrogens (primary N) is 1. The first-order chi connectivity index (χ1) is 10.4. The molecular formula is C15H26INO5. The van der Waals surface area contributed by atoms with Crippen LogP contribution in [0.1, 0.15) is 44.9 Å². The molecular weight excluding hydrogens is 401 g/mol. The van der Waals surface area contributed by atoms with E-state index in [4.69, 9.17) is 15.6 Å². The molecule has 22 heavy (non-hydrogen) atoms. The molecule has 0 aromatic carbocycles. The number of alkyl halides is 1. The summed E-state index contributed by atoms with van der Waals surface area (Å²) in [7, 11) is 0. The number of carbonyl (C=O) groups is 1. The Hall–Kier alpha value is 0.0400. The molecule has 0 spiro atoms. The van der Waals surface area contributed by atoms with Crippen molar-refractivity contribution in [2.75, 3.05) is 0 Å². The minimum atomic E-state index is -0.985. The summed E-state index contributed by atoms with van der Waals surface area (Å²) in [5, 5.41) is 28.9. The lowest BCUT2D eigenvalue weighted by atomic mass is 9.81. The molecule has 128 valence electrons. The second-order valence-electron chi connectivity index (χ2n) is 6.62. The highest BCUT2D eigenvalue weighted by molar-refractivity contribution is 14.1. The van der Waals surface area contributed by atoms with Gasteiger partial charge in [0.25, 0.3) is 0 Å². The lowest BCUT2D eigenvalue weighted by Gasteiger charge is -2.38. The van der Waals surface area contributed by atoms with Crippen molar-refractivity contribution in [2.24, 2.45) is 11.7 Å². The van der Waals surface area contributed by atoms with E-state index in [2.05, 4.69) is 22.6 Å². The largest absolute Gasteiger partial charge is 0.480 e. The summed E-state index contributed by atoms with van der Waals surface area (Å²) in [6.45, 7) is 0. The second kappa shape index (κ2) is 8.23. The van der Waals surface area contributed by atoms with E-state index >= 15 is 0 Å². The summed E-state index contributed by atoms with van der Waals surface area (Å²) < 4.78 is 6.26. The molecule has 0 aliphatic heterocycles. The van der Waals surface area contributed by atoms with Gasteiger partial charge in [-0.15, -0.1) is 0 Å². The van der Waals surface area contributed by atoms with Crippen molar-refractivity contribution in [3.63, 3.8) is 0 Å². The van der Waals surface area contributed by atoms with E-state index in [1.807, 2.05) is 0 Å². The molecule has 6 nitrogen and oxygen atoms in total. The Balaban J connectivity index is 1.77. The Bertz CT molecular complexity index is 383. The standard InChI is InChI=1S/C15H26INO5/c16-10-7-9(2-3-12(10)18)22-14-4-1-8(6-13(14)19)5-11(17)15(20)21/h8-14,18-19H,1-7,17H2,(H,20,21). The first kappa shape index (κ1) is 18.4. The van der Waals surface area contributed by atoms with Gasteiger partial charge < -0.3 is 25.8 Å². The summed E-state index contributed by atoms with van der Waals surface area (Å²) >= 11 is 2.26. The van der Waals surface area contributed by atoms with Crippen molar-refractivity contribution in [3.8, 4) is 0 Å². The molecule has 2 saturated carbocycles. The SMILES string of the molecule is NC(CC1CCC(OC2CCC(O)C(I)C2)C(O)C1)C(=O)O. The van der Waals surface area contributed by atoms with Crippen LogP contribution in [-0.4, -0.2) is 55.7 Å². The van der Waals surface area contributed by atoms with Gasteiger partial charge in [-0.1, -0.05) is 22.6 Å². The third kappa shape index (κ3) is 5.02. The smallest absolute Gasteiger partial charge is 0.320 e. The third-order valence-electron chi connectivity index (χ3n) is 4.83. The minimum Gasteiger partial charge on any atom is -0.480 e. The topological polar surface area (TPSA) is 113 Å². The van der Waals surface area contributed by atoms with E-state index < -0.39 is 18.1 Å². The predicted molar refractivity (Wildman–Crippen MR) is 89.9 cm³/mol. The number of rotatable bonds is 5. The zero-order valence-corrected chi connectivity index (χ0v) is 14.8. The van der Waals surface area contributed by atoms with E-state index in [0.717, 1.165) is 32.1 Å². The summed E-state index contributed by atoms with van der Waals surface area (Å²) in [6.07, 6.45) is 4.04. The zero-order valence-electron chi connectivity index (χ0n) is 12.6. The van der Waals surface area contributed by atoms with Gasteiger partial charge >= 0.3 is 5.97 Å². The van der Waals surface area contributed by atoms with Gasteiger partial charge in [-0.05, 0) is 50.9 Å². The molecule has 7 heteroatoms. The van der Waals surface area contributed by atoms with Crippen LogP contribution in [0.3, 0.4) is 0 Å². The Morgan fingerprint density at radius 2 is 1.91 bits per heavy atom. The quantitative estimate of drug-likeness (QED) is 0.386. The maximum absolute atomic E-state index is 10.8. The highest BCUT2D eigenvalue weighted by atomic mass is 127. The van der Waals surface area contributed by atoms with Crippen LogP contribution >= 0.6 is 22.6 Å². The Morgan fingerprint density at radius 3 is 2.50 bits per heavy atom. The number of ether oxygens (including phenoxy) is 1. The van der Waals surface area contributed by atoms with Gasteiger partial charge in [-0.25, -0.2) is 0 Å². The van der Waals surface area contributed by atoms with E-state index in [-0.39, 0.29) is 28.2 Å². The lowest BCUT2D eigenvalue weighted by Crippen LogP contribution is -2.43. The highest BCUT2D eigenvalue weighted by Crippen LogP contribution is 2.33. The Morgan fingerprint density at radius 1 is 1.18 bits per heavy atom. The number of aliphatic carboxylic acids is 1. The lowest BCUT2D eigenvalue weighted by molar-refractivity contribution is -0.139. The van der Waals surface area contributed by atoms with Gasteiger partial charge in [0.1, 0.15) is 6.04 Å². The van der Waals surface area contributed by atoms with Crippen LogP contribution in [-0.2, 0) is 9.53 Å². The molecule has 5 N–H and O–H groups in total. The fraction of sp³-hybridized carbons (Fsp3) is 0.933. The molecule has 0 saturated heterocycles. The number of hydrogen-bond donors (Lipinski definition) is 4. The molecule has 2 fully saturated rings. The summed E-state index contributed by atoms with van der Waals surface area (Å²) in [4.78, 5) is 10.8. The number of carboxylic acids is 1. The monoisotopic (exact) mass is 427 g/mol. The van der Waals surface area contributed by atoms with Crippen LogP contribution in [0.2, 0.25) is 0 Å². The van der Waals surface area contributed by atoms with Gasteiger partial charge in [0.05, 0.1) is 24.4 Å². The van der Waals surface area contributed by atoms with Gasteiger partial charge in [0, 0.05) is 3.92 Å². The van der Waals surface area contributed by atoms with Gasteiger partial charge in [0.15, 0.2) is 0 Å². The zero-order chi connectivity index (χ0) is 16.3. The summed E-state index contributed by atoms with van der Waals surface area (Å²) in [6, 6.07) is -0.853. The third-order valence-corrected chi connectivity index (χ3v) is 6.16. The van der Waals surface area contributed by atoms with E-state index in [9.17, 15) is 15.0 Å². The molecule has 0 radical (unpaired) electrons. The number of aliphatic hydroxyl groups excluding tert-OH is 2. The molecule has 2 rings (SSSR count). The van der Waals surface area contributed by atoms with Crippen LogP contribution < -0.4 is 5.73 Å². The second-order valence-corrected chi connectivity index (χ2v) is 8.22. The maximum Gasteiger partial charge on any atom is 0.320 e. The van der Waals surface area contributed by atoms with Crippen molar-refractivity contribution in [3.05, 3.63) is 0 Å². The van der Waals surface area contributed by atoms with Crippen LogP contribution in [0.5, 0.6) is 0 Å². The molecule has 0 aromatic heterocycles. The molecule has 2 aliphatic carbocycles. The minimum absolute atomic E-state index is 0.0998. The molecule has 0 aromatic rings. The van der Waals surface area contributed by atoms with Gasteiger partial charge in [-0.3, -0.25) is 4.79 Å². The highest BCUT2D eigenvalue weighted by Gasteiger charge is 2.35. The van der Waals surface area contributed by atoms with Gasteiger partial charge in [0.2, 0.25) is 0 Å². The number of carboxylic acid groups (broad SMARTS) is 1. The van der Waals surface area contributed by atoms with Crippen LogP contribution in [0, 0.1) is 5.92 Å². The molecule has 7 unspecified atom stereocenters. The van der Waals surface area contributed by atoms with E-state index in [0.29, 0.717) is 12.8 Å². The summed E-state index contributed by atoms with van der Waals surface area (Å²) in [5.74, 6) is -0.840. The van der Waals surface area contributed by atoms with Crippen molar-refractivity contribution < 1.29 is 24.9 Å². The Kier molecular flexibility index (Phi) is 6.88. The average molecular weight is 427 g/mol. The predicted octanol–water partition coefficient (Wildman–Crippen LogP) is 1.05. The molecule has 7 atom stereocenters. The van der Waals surface area contributed by atoms with Crippen molar-refractivity contribution >= 4 is 28.6 Å². The normalized spacial score (nSPS) is 41.1. The van der Waals surface area contributed by atoms with Crippen molar-refractivity contribution in [2.45, 2.75) is 79.3 Å². The van der Waals surface area contributed by atoms with Crippen molar-refractivity contribution in [1.82, 2.24) is 0 Å². The first-order valence-corrected chi connectivity index (χ1v) is 9.25. The van der Waals surface area contributed by atoms with Crippen LogP contribution in [0.15, 0.2) is 0 Å². The van der Waals surface area contributed by atoms with Crippen LogP contribution in [0.25, 0.3) is 0 Å². The molecule has 2 aliphatic rings. The molecule has 0 amide bonds. The number of hydrogen-bond acceptors (Lipinski definition) is 5. The Labute approximate surface area is 144 Å². The van der Waals surface area contributed by atoms with Crippen molar-refractivity contribution in [1.29, 1.82) is 0 Å². The number of aliphatic hydroxyl groups is 2. The van der Waals surface area contributed by atoms with Gasteiger partial charge in [-0.2, -0.15) is 0 Å². The molecule has 0 bridgehead atoms. The fourth-order valence-corrected chi connectivity index (χ4v) is 4.40. The fourth-order valence-electron chi connectivity index (χ4n) is 3.47.